The molecule has 1 heterocycles. The van der Waals surface area contributed by atoms with E-state index in [2.05, 4.69) is 29.7 Å². The first-order valence-electron chi connectivity index (χ1n) is 11.3. The Morgan fingerprint density at radius 3 is 2.18 bits per heavy atom. The van der Waals surface area contributed by atoms with Gasteiger partial charge in [0.2, 0.25) is 5.75 Å². The van der Waals surface area contributed by atoms with E-state index in [0.717, 1.165) is 37.0 Å². The monoisotopic (exact) mass is 449 g/mol. The number of methoxy groups -OCH3 is 3. The summed E-state index contributed by atoms with van der Waals surface area (Å²) in [5.74, 6) is 2.18. The number of benzene rings is 2. The molecule has 0 unspecified atom stereocenters. The van der Waals surface area contributed by atoms with E-state index >= 15 is 0 Å². The Kier molecular flexibility index (Phi) is 6.87. The Labute approximate surface area is 194 Å². The lowest BCUT2D eigenvalue weighted by Crippen LogP contribution is -2.40. The smallest absolute Gasteiger partial charge is 0.251 e. The number of ether oxygens (including phenoxy) is 3. The summed E-state index contributed by atoms with van der Waals surface area (Å²) in [6.07, 6.45) is 3.74. The minimum absolute atomic E-state index is 0.126. The zero-order valence-electron chi connectivity index (χ0n) is 19.6. The molecule has 174 valence electrons. The number of aromatic nitrogens is 1. The van der Waals surface area contributed by atoms with Gasteiger partial charge in [-0.05, 0) is 62.4 Å². The second kappa shape index (κ2) is 9.98. The fourth-order valence-electron chi connectivity index (χ4n) is 4.50. The van der Waals surface area contributed by atoms with Crippen LogP contribution in [-0.2, 0) is 0 Å². The van der Waals surface area contributed by atoms with Crippen LogP contribution >= 0.6 is 0 Å². The largest absolute Gasteiger partial charge is 0.493 e. The maximum absolute atomic E-state index is 12.9. The Morgan fingerprint density at radius 1 is 0.909 bits per heavy atom. The number of fused-ring (bicyclic) bond motifs is 1. The number of hydrogen-bond acceptors (Lipinski definition) is 6. The van der Waals surface area contributed by atoms with Crippen LogP contribution in [0.4, 0.5) is 5.82 Å². The molecule has 0 aliphatic heterocycles. The van der Waals surface area contributed by atoms with Crippen LogP contribution < -0.4 is 24.8 Å². The number of nitrogens with one attached hydrogen (secondary N) is 2. The van der Waals surface area contributed by atoms with Crippen LogP contribution in [0, 0.1) is 6.92 Å². The molecule has 1 aliphatic carbocycles. The van der Waals surface area contributed by atoms with Crippen molar-refractivity contribution in [3.63, 3.8) is 0 Å². The summed E-state index contributed by atoms with van der Waals surface area (Å²) >= 11 is 0. The van der Waals surface area contributed by atoms with Gasteiger partial charge in [0.05, 0.1) is 26.8 Å². The van der Waals surface area contributed by atoms with Crippen molar-refractivity contribution in [3.8, 4) is 17.2 Å². The van der Waals surface area contributed by atoms with Crippen molar-refractivity contribution in [3.05, 3.63) is 53.6 Å². The van der Waals surface area contributed by atoms with E-state index in [1.165, 1.54) is 10.9 Å². The minimum atomic E-state index is -0.141. The molecule has 1 fully saturated rings. The van der Waals surface area contributed by atoms with E-state index in [-0.39, 0.29) is 11.9 Å². The zero-order valence-corrected chi connectivity index (χ0v) is 19.6. The van der Waals surface area contributed by atoms with Crippen LogP contribution in [0.3, 0.4) is 0 Å². The van der Waals surface area contributed by atoms with Crippen molar-refractivity contribution in [2.45, 2.75) is 44.7 Å². The zero-order chi connectivity index (χ0) is 23.4. The van der Waals surface area contributed by atoms with Crippen LogP contribution in [0.2, 0.25) is 0 Å². The summed E-state index contributed by atoms with van der Waals surface area (Å²) in [6.45, 7) is 2.12. The first-order valence-corrected chi connectivity index (χ1v) is 11.3. The third-order valence-electron chi connectivity index (χ3n) is 6.26. The van der Waals surface area contributed by atoms with Crippen molar-refractivity contribution in [1.82, 2.24) is 10.3 Å². The third-order valence-corrected chi connectivity index (χ3v) is 6.26. The number of aryl methyl sites for hydroxylation is 1. The topological polar surface area (TPSA) is 81.7 Å². The Morgan fingerprint density at radius 2 is 1.55 bits per heavy atom. The Balaban J connectivity index is 1.36. The van der Waals surface area contributed by atoms with Gasteiger partial charge in [-0.1, -0.05) is 18.2 Å². The van der Waals surface area contributed by atoms with E-state index in [1.807, 2.05) is 18.2 Å². The highest BCUT2D eigenvalue weighted by Crippen LogP contribution is 2.38. The summed E-state index contributed by atoms with van der Waals surface area (Å²) in [5, 5.41) is 7.93. The highest BCUT2D eigenvalue weighted by molar-refractivity contribution is 5.95. The first-order chi connectivity index (χ1) is 16.0. The van der Waals surface area contributed by atoms with Crippen LogP contribution in [0.1, 0.15) is 41.6 Å². The molecule has 2 aromatic carbocycles. The van der Waals surface area contributed by atoms with E-state index in [4.69, 9.17) is 19.2 Å². The molecule has 2 N–H and O–H groups in total. The molecule has 0 radical (unpaired) electrons. The van der Waals surface area contributed by atoms with Gasteiger partial charge in [0, 0.05) is 23.0 Å². The van der Waals surface area contributed by atoms with Crippen LogP contribution in [0.25, 0.3) is 10.9 Å². The number of carbonyl (C=O) groups is 1. The van der Waals surface area contributed by atoms with Gasteiger partial charge in [-0.15, -0.1) is 0 Å². The maximum atomic E-state index is 12.9. The molecule has 0 bridgehead atoms. The van der Waals surface area contributed by atoms with Gasteiger partial charge in [0.1, 0.15) is 5.82 Å². The van der Waals surface area contributed by atoms with Gasteiger partial charge in [0.25, 0.3) is 5.91 Å². The van der Waals surface area contributed by atoms with Crippen molar-refractivity contribution < 1.29 is 19.0 Å². The van der Waals surface area contributed by atoms with E-state index in [9.17, 15) is 4.79 Å². The van der Waals surface area contributed by atoms with Crippen LogP contribution in [0.15, 0.2) is 42.5 Å². The molecular weight excluding hydrogens is 418 g/mol. The third kappa shape index (κ3) is 4.97. The number of pyridine rings is 1. The predicted octanol–water partition coefficient (Wildman–Crippen LogP) is 4.72. The highest BCUT2D eigenvalue weighted by Gasteiger charge is 2.24. The maximum Gasteiger partial charge on any atom is 0.251 e. The Bertz CT molecular complexity index is 1110. The minimum Gasteiger partial charge on any atom is -0.493 e. The molecular formula is C26H31N3O4. The quantitative estimate of drug-likeness (QED) is 0.543. The van der Waals surface area contributed by atoms with Gasteiger partial charge in [-0.2, -0.15) is 0 Å². The average molecular weight is 450 g/mol. The summed E-state index contributed by atoms with van der Waals surface area (Å²) in [4.78, 5) is 17.7. The fourth-order valence-corrected chi connectivity index (χ4v) is 4.50. The van der Waals surface area contributed by atoms with E-state index < -0.39 is 0 Å². The van der Waals surface area contributed by atoms with Crippen molar-refractivity contribution in [1.29, 1.82) is 0 Å². The number of nitrogens with zero attached hydrogens (tertiary/aromatic N) is 1. The van der Waals surface area contributed by atoms with Crippen molar-refractivity contribution >= 4 is 22.6 Å². The molecule has 1 aliphatic rings. The second-order valence-electron chi connectivity index (χ2n) is 8.42. The lowest BCUT2D eigenvalue weighted by atomic mass is 9.91. The van der Waals surface area contributed by atoms with Crippen LogP contribution in [-0.4, -0.2) is 44.3 Å². The average Bonchev–Trinajstić information content (AvgIpc) is 2.84. The summed E-state index contributed by atoms with van der Waals surface area (Å²) < 4.78 is 16.1. The standard InChI is InChI=1S/C26H31N3O4/c1-16-13-24(29-21-8-6-5-7-20(16)21)27-18-9-11-19(12-10-18)28-26(30)17-14-22(31-2)25(33-4)23(15-17)32-3/h5-8,13-15,18-19H,9-12H2,1-4H3,(H,27,29)(H,28,30)/t18-,19+. The van der Waals surface area contributed by atoms with Gasteiger partial charge in [-0.25, -0.2) is 4.98 Å². The number of para-hydroxylation sites is 1. The molecule has 4 rings (SSSR count). The number of hydrogen-bond donors (Lipinski definition) is 2. The number of anilines is 1. The molecule has 7 nitrogen and oxygen atoms in total. The molecule has 0 saturated heterocycles. The number of rotatable bonds is 7. The summed E-state index contributed by atoms with van der Waals surface area (Å²) in [5.41, 5.74) is 2.71. The molecule has 33 heavy (non-hydrogen) atoms. The van der Waals surface area contributed by atoms with Gasteiger partial charge in [0.15, 0.2) is 11.5 Å². The molecule has 1 aromatic heterocycles. The molecule has 1 amide bonds. The van der Waals surface area contributed by atoms with Crippen LogP contribution in [0.5, 0.6) is 17.2 Å². The normalized spacial score (nSPS) is 17.9. The first kappa shape index (κ1) is 22.7. The lowest BCUT2D eigenvalue weighted by molar-refractivity contribution is 0.0925. The SMILES string of the molecule is COc1cc(C(=O)N[C@H]2CC[C@@H](Nc3cc(C)c4ccccc4n3)CC2)cc(OC)c1OC. The molecule has 1 saturated carbocycles. The highest BCUT2D eigenvalue weighted by atomic mass is 16.5. The van der Waals surface area contributed by atoms with Crippen molar-refractivity contribution in [2.24, 2.45) is 0 Å². The fraction of sp³-hybridized carbons (Fsp3) is 0.385. The molecule has 3 aromatic rings. The molecule has 0 spiro atoms. The van der Waals surface area contributed by atoms with E-state index in [0.29, 0.717) is 28.9 Å². The number of carbonyl (C=O) groups excluding carboxylic acids is 1. The van der Waals surface area contributed by atoms with Gasteiger partial charge >= 0.3 is 0 Å². The lowest BCUT2D eigenvalue weighted by Gasteiger charge is -2.30. The van der Waals surface area contributed by atoms with Gasteiger partial charge < -0.3 is 24.8 Å². The second-order valence-corrected chi connectivity index (χ2v) is 8.42. The molecule has 0 atom stereocenters. The van der Waals surface area contributed by atoms with Crippen molar-refractivity contribution in [2.75, 3.05) is 26.6 Å². The van der Waals surface area contributed by atoms with E-state index in [1.54, 1.807) is 33.5 Å². The summed E-state index contributed by atoms with van der Waals surface area (Å²) in [7, 11) is 4.62. The number of amides is 1. The van der Waals surface area contributed by atoms with Gasteiger partial charge in [-0.3, -0.25) is 4.79 Å². The summed E-state index contributed by atoms with van der Waals surface area (Å²) in [6, 6.07) is 14.1. The molecule has 7 heteroatoms. The Hall–Kier alpha value is -3.48. The predicted molar refractivity (Wildman–Crippen MR) is 130 cm³/mol.